The lowest BCUT2D eigenvalue weighted by Crippen LogP contribution is -2.35. The summed E-state index contributed by atoms with van der Waals surface area (Å²) in [5, 5.41) is 8.20. The largest absolute Gasteiger partial charge is 0.480 e. The van der Waals surface area contributed by atoms with Crippen LogP contribution < -0.4 is 10.6 Å². The summed E-state index contributed by atoms with van der Waals surface area (Å²) in [5.41, 5.74) is 6.98. The van der Waals surface area contributed by atoms with Crippen molar-refractivity contribution in [3.63, 3.8) is 0 Å². The second-order valence-corrected chi connectivity index (χ2v) is 6.26. The zero-order chi connectivity index (χ0) is 16.3. The van der Waals surface area contributed by atoms with E-state index in [1.54, 1.807) is 12.1 Å². The van der Waals surface area contributed by atoms with E-state index in [0.29, 0.717) is 5.69 Å². The van der Waals surface area contributed by atoms with E-state index in [1.165, 1.54) is 4.90 Å². The number of benzene rings is 1. The van der Waals surface area contributed by atoms with Gasteiger partial charge in [-0.1, -0.05) is 25.1 Å². The number of nitrogens with two attached hydrogens (primary N) is 1. The Labute approximate surface area is 132 Å². The fraction of sp³-hybridized carbons (Fsp3) is 0.400. The summed E-state index contributed by atoms with van der Waals surface area (Å²) in [6, 6.07) is 6.26. The molecule has 1 saturated heterocycles. The van der Waals surface area contributed by atoms with Crippen molar-refractivity contribution in [1.82, 2.24) is 0 Å². The standard InChI is InChI=1S/C15H18N2O4S/c1-2-9-5-3-4-6-11(9)17-13(18)7-12(14(17)19)22-8-10(16)15(20)21/h3-6,10,12H,2,7-8,16H2,1H3,(H,20,21)/t10-,12+/m1/s1. The van der Waals surface area contributed by atoms with Crippen LogP contribution in [0.15, 0.2) is 24.3 Å². The minimum absolute atomic E-state index is 0.0773. The predicted octanol–water partition coefficient (Wildman–Crippen LogP) is 1.03. The van der Waals surface area contributed by atoms with Crippen molar-refractivity contribution in [2.45, 2.75) is 31.1 Å². The van der Waals surface area contributed by atoms with Crippen molar-refractivity contribution < 1.29 is 19.5 Å². The Kier molecular flexibility index (Phi) is 5.20. The lowest BCUT2D eigenvalue weighted by molar-refractivity contribution is -0.138. The molecule has 1 aromatic rings. The molecule has 1 aromatic carbocycles. The highest BCUT2D eigenvalue weighted by Crippen LogP contribution is 2.32. The minimum atomic E-state index is -1.11. The maximum Gasteiger partial charge on any atom is 0.321 e. The molecule has 22 heavy (non-hydrogen) atoms. The Balaban J connectivity index is 2.14. The van der Waals surface area contributed by atoms with Crippen LogP contribution in [0.1, 0.15) is 18.9 Å². The second kappa shape index (κ2) is 6.93. The van der Waals surface area contributed by atoms with Gasteiger partial charge in [0.15, 0.2) is 0 Å². The number of para-hydroxylation sites is 1. The fourth-order valence-corrected chi connectivity index (χ4v) is 3.40. The lowest BCUT2D eigenvalue weighted by Gasteiger charge is -2.18. The van der Waals surface area contributed by atoms with Crippen molar-refractivity contribution >= 4 is 35.2 Å². The molecule has 1 aliphatic heterocycles. The van der Waals surface area contributed by atoms with Crippen LogP contribution in [0.4, 0.5) is 5.69 Å². The fourth-order valence-electron chi connectivity index (χ4n) is 2.31. The molecule has 1 heterocycles. The van der Waals surface area contributed by atoms with Crippen molar-refractivity contribution in [3.8, 4) is 0 Å². The molecule has 0 saturated carbocycles. The van der Waals surface area contributed by atoms with E-state index in [1.807, 2.05) is 19.1 Å². The van der Waals surface area contributed by atoms with Gasteiger partial charge in [0.1, 0.15) is 6.04 Å². The molecule has 1 fully saturated rings. The SMILES string of the molecule is CCc1ccccc1N1C(=O)C[C@H](SC[C@@H](N)C(=O)O)C1=O. The van der Waals surface area contributed by atoms with Gasteiger partial charge in [-0.05, 0) is 18.1 Å². The van der Waals surface area contributed by atoms with Crippen LogP contribution in [-0.4, -0.2) is 39.9 Å². The van der Waals surface area contributed by atoms with Gasteiger partial charge in [0, 0.05) is 12.2 Å². The number of amides is 2. The third kappa shape index (κ3) is 3.31. The number of imide groups is 1. The average Bonchev–Trinajstić information content (AvgIpc) is 2.78. The zero-order valence-electron chi connectivity index (χ0n) is 12.2. The smallest absolute Gasteiger partial charge is 0.321 e. The number of carbonyl (C=O) groups excluding carboxylic acids is 2. The van der Waals surface area contributed by atoms with Gasteiger partial charge in [-0.25, -0.2) is 4.90 Å². The van der Waals surface area contributed by atoms with Gasteiger partial charge in [-0.3, -0.25) is 14.4 Å². The molecule has 1 aliphatic rings. The number of hydrogen-bond donors (Lipinski definition) is 2. The van der Waals surface area contributed by atoms with E-state index in [4.69, 9.17) is 10.8 Å². The Morgan fingerprint density at radius 2 is 2.14 bits per heavy atom. The number of carboxylic acids is 1. The monoisotopic (exact) mass is 322 g/mol. The first-order valence-electron chi connectivity index (χ1n) is 7.00. The second-order valence-electron chi connectivity index (χ2n) is 5.02. The van der Waals surface area contributed by atoms with E-state index >= 15 is 0 Å². The molecule has 3 N–H and O–H groups in total. The summed E-state index contributed by atoms with van der Waals surface area (Å²) in [6.07, 6.45) is 0.794. The number of aliphatic carboxylic acids is 1. The highest BCUT2D eigenvalue weighted by molar-refractivity contribution is 8.00. The molecule has 0 aliphatic carbocycles. The Hall–Kier alpha value is -1.86. The quantitative estimate of drug-likeness (QED) is 0.759. The zero-order valence-corrected chi connectivity index (χ0v) is 13.0. The Morgan fingerprint density at radius 3 is 2.77 bits per heavy atom. The molecule has 2 amide bonds. The van der Waals surface area contributed by atoms with Crippen LogP contribution in [0.25, 0.3) is 0 Å². The van der Waals surface area contributed by atoms with Gasteiger partial charge in [0.25, 0.3) is 0 Å². The molecule has 7 heteroatoms. The van der Waals surface area contributed by atoms with Crippen LogP contribution in [0.5, 0.6) is 0 Å². The summed E-state index contributed by atoms with van der Waals surface area (Å²) in [7, 11) is 0. The molecule has 0 spiro atoms. The summed E-state index contributed by atoms with van der Waals surface area (Å²) >= 11 is 1.13. The lowest BCUT2D eigenvalue weighted by atomic mass is 10.1. The average molecular weight is 322 g/mol. The van der Waals surface area contributed by atoms with Gasteiger partial charge in [-0.2, -0.15) is 0 Å². The molecule has 0 aromatic heterocycles. The van der Waals surface area contributed by atoms with Gasteiger partial charge in [0.2, 0.25) is 11.8 Å². The first-order valence-corrected chi connectivity index (χ1v) is 8.05. The highest BCUT2D eigenvalue weighted by atomic mass is 32.2. The van der Waals surface area contributed by atoms with Gasteiger partial charge >= 0.3 is 5.97 Å². The number of thioether (sulfide) groups is 1. The first kappa shape index (κ1) is 16.5. The van der Waals surface area contributed by atoms with Crippen LogP contribution >= 0.6 is 11.8 Å². The number of carboxylic acid groups (broad SMARTS) is 1. The van der Waals surface area contributed by atoms with Crippen molar-refractivity contribution in [3.05, 3.63) is 29.8 Å². The van der Waals surface area contributed by atoms with Gasteiger partial charge < -0.3 is 10.8 Å². The number of nitrogens with zero attached hydrogens (tertiary/aromatic N) is 1. The number of rotatable bonds is 6. The third-order valence-electron chi connectivity index (χ3n) is 3.51. The third-order valence-corrected chi connectivity index (χ3v) is 4.84. The predicted molar refractivity (Wildman–Crippen MR) is 84.8 cm³/mol. The molecule has 0 unspecified atom stereocenters. The van der Waals surface area contributed by atoms with E-state index in [9.17, 15) is 14.4 Å². The van der Waals surface area contributed by atoms with E-state index in [0.717, 1.165) is 23.7 Å². The molecule has 118 valence electrons. The highest BCUT2D eigenvalue weighted by Gasteiger charge is 2.40. The number of carbonyl (C=O) groups is 3. The van der Waals surface area contributed by atoms with E-state index < -0.39 is 17.3 Å². The van der Waals surface area contributed by atoms with Crippen LogP contribution in [-0.2, 0) is 20.8 Å². The van der Waals surface area contributed by atoms with Crippen LogP contribution in [0, 0.1) is 0 Å². The summed E-state index contributed by atoms with van der Waals surface area (Å²) in [4.78, 5) is 36.6. The summed E-state index contributed by atoms with van der Waals surface area (Å²) < 4.78 is 0. The van der Waals surface area contributed by atoms with E-state index in [-0.39, 0.29) is 24.0 Å². The maximum absolute atomic E-state index is 12.5. The summed E-state index contributed by atoms with van der Waals surface area (Å²) in [5.74, 6) is -1.57. The van der Waals surface area contributed by atoms with Crippen LogP contribution in [0.2, 0.25) is 0 Å². The van der Waals surface area contributed by atoms with Gasteiger partial charge in [-0.15, -0.1) is 11.8 Å². The first-order chi connectivity index (χ1) is 10.5. The van der Waals surface area contributed by atoms with Gasteiger partial charge in [0.05, 0.1) is 10.9 Å². The molecule has 0 bridgehead atoms. The Bertz CT molecular complexity index is 605. The minimum Gasteiger partial charge on any atom is -0.480 e. The molecule has 0 radical (unpaired) electrons. The summed E-state index contributed by atoms with van der Waals surface area (Å²) in [6.45, 7) is 1.96. The van der Waals surface area contributed by atoms with E-state index in [2.05, 4.69) is 0 Å². The maximum atomic E-state index is 12.5. The number of aryl methyl sites for hydroxylation is 1. The molecule has 2 atom stereocenters. The molecular formula is C15H18N2O4S. The van der Waals surface area contributed by atoms with Crippen molar-refractivity contribution in [2.75, 3.05) is 10.7 Å². The molecular weight excluding hydrogens is 304 g/mol. The normalized spacial score (nSPS) is 19.5. The number of anilines is 1. The van der Waals surface area contributed by atoms with Crippen molar-refractivity contribution in [2.24, 2.45) is 5.73 Å². The number of hydrogen-bond acceptors (Lipinski definition) is 5. The molecule has 2 rings (SSSR count). The van der Waals surface area contributed by atoms with Crippen molar-refractivity contribution in [1.29, 1.82) is 0 Å². The van der Waals surface area contributed by atoms with Crippen LogP contribution in [0.3, 0.4) is 0 Å². The topological polar surface area (TPSA) is 101 Å². The molecule has 6 nitrogen and oxygen atoms in total. The Morgan fingerprint density at radius 1 is 1.45 bits per heavy atom.